The lowest BCUT2D eigenvalue weighted by atomic mass is 9.68. The lowest BCUT2D eigenvalue weighted by molar-refractivity contribution is 0.239. The van der Waals surface area contributed by atoms with E-state index in [0.717, 1.165) is 23.4 Å². The molecule has 0 amide bonds. The smallest absolute Gasteiger partial charge is 0.0705 e. The largest absolute Gasteiger partial charge is 0.256 e. The standard InChI is InChI=1S/C24H23N/c1-16-4-2-3-5-22(16)23-13-12-21(15-25-23)17-6-8-18(9-7-17)24-19-10-11-20(24)14-19/h2-9,12-13,15,19-20,24H,10-11,14H2,1H3. The molecule has 1 heteroatoms. The SMILES string of the molecule is Cc1ccccc1-c1ccc(-c2ccc(C3C4CCC3C4)cc2)cn1. The molecule has 2 aromatic carbocycles. The number of fused-ring (bicyclic) bond motifs is 1. The van der Waals surface area contributed by atoms with Crippen molar-refractivity contribution in [3.63, 3.8) is 0 Å². The second-order valence-electron chi connectivity index (χ2n) is 7.73. The van der Waals surface area contributed by atoms with Crippen LogP contribution in [0.5, 0.6) is 0 Å². The zero-order valence-electron chi connectivity index (χ0n) is 14.7. The van der Waals surface area contributed by atoms with E-state index < -0.39 is 0 Å². The first-order chi connectivity index (χ1) is 12.3. The molecule has 3 fully saturated rings. The van der Waals surface area contributed by atoms with Gasteiger partial charge in [0.1, 0.15) is 0 Å². The first-order valence-corrected chi connectivity index (χ1v) is 9.42. The van der Waals surface area contributed by atoms with Crippen molar-refractivity contribution in [2.45, 2.75) is 32.1 Å². The van der Waals surface area contributed by atoms with Gasteiger partial charge in [-0.05, 0) is 66.7 Å². The van der Waals surface area contributed by atoms with Crippen LogP contribution in [0, 0.1) is 18.8 Å². The van der Waals surface area contributed by atoms with Crippen molar-refractivity contribution in [3.8, 4) is 22.4 Å². The molecule has 0 spiro atoms. The monoisotopic (exact) mass is 325 g/mol. The summed E-state index contributed by atoms with van der Waals surface area (Å²) in [5.41, 5.74) is 7.53. The van der Waals surface area contributed by atoms with E-state index in [1.54, 1.807) is 5.56 Å². The molecule has 2 unspecified atom stereocenters. The summed E-state index contributed by atoms with van der Waals surface area (Å²) in [5, 5.41) is 0. The fourth-order valence-corrected chi connectivity index (χ4v) is 4.92. The second kappa shape index (κ2) is 5.84. The molecule has 1 heterocycles. The van der Waals surface area contributed by atoms with Gasteiger partial charge < -0.3 is 0 Å². The quantitative estimate of drug-likeness (QED) is 0.555. The third-order valence-corrected chi connectivity index (χ3v) is 6.34. The van der Waals surface area contributed by atoms with Crippen LogP contribution < -0.4 is 0 Å². The lowest BCUT2D eigenvalue weighted by Crippen LogP contribution is -2.25. The van der Waals surface area contributed by atoms with Crippen LogP contribution >= 0.6 is 0 Å². The van der Waals surface area contributed by atoms with E-state index in [4.69, 9.17) is 4.98 Å². The Kier molecular flexibility index (Phi) is 3.48. The summed E-state index contributed by atoms with van der Waals surface area (Å²) in [6.07, 6.45) is 6.36. The number of benzene rings is 2. The van der Waals surface area contributed by atoms with Gasteiger partial charge in [-0.3, -0.25) is 4.98 Å². The van der Waals surface area contributed by atoms with Gasteiger partial charge >= 0.3 is 0 Å². The van der Waals surface area contributed by atoms with Gasteiger partial charge in [0.15, 0.2) is 0 Å². The average molecular weight is 325 g/mol. The van der Waals surface area contributed by atoms with E-state index in [0.29, 0.717) is 0 Å². The van der Waals surface area contributed by atoms with E-state index in [1.807, 2.05) is 6.20 Å². The number of aryl methyl sites for hydroxylation is 1. The zero-order chi connectivity index (χ0) is 16.8. The van der Waals surface area contributed by atoms with Gasteiger partial charge in [-0.1, -0.05) is 54.6 Å². The van der Waals surface area contributed by atoms with E-state index in [2.05, 4.69) is 67.6 Å². The van der Waals surface area contributed by atoms with Crippen molar-refractivity contribution in [3.05, 3.63) is 78.0 Å². The van der Waals surface area contributed by atoms with E-state index in [9.17, 15) is 0 Å². The molecule has 0 aliphatic heterocycles. The third kappa shape index (κ3) is 2.50. The van der Waals surface area contributed by atoms with E-state index >= 15 is 0 Å². The van der Waals surface area contributed by atoms with Crippen LogP contribution in [0.3, 0.4) is 0 Å². The highest BCUT2D eigenvalue weighted by molar-refractivity contribution is 5.68. The molecule has 2 atom stereocenters. The third-order valence-electron chi connectivity index (χ3n) is 6.34. The number of hydrogen-bond donors (Lipinski definition) is 0. The molecular weight excluding hydrogens is 302 g/mol. The fourth-order valence-electron chi connectivity index (χ4n) is 4.92. The molecule has 2 bridgehead atoms. The summed E-state index contributed by atoms with van der Waals surface area (Å²) < 4.78 is 0. The molecule has 3 aromatic rings. The summed E-state index contributed by atoms with van der Waals surface area (Å²) in [4.78, 5) is 4.71. The molecule has 3 aliphatic carbocycles. The van der Waals surface area contributed by atoms with Gasteiger partial charge in [-0.2, -0.15) is 0 Å². The number of hydrogen-bond acceptors (Lipinski definition) is 1. The molecule has 1 aromatic heterocycles. The maximum Gasteiger partial charge on any atom is 0.0705 e. The predicted molar refractivity (Wildman–Crippen MR) is 103 cm³/mol. The minimum Gasteiger partial charge on any atom is -0.256 e. The molecule has 6 rings (SSSR count). The van der Waals surface area contributed by atoms with Crippen molar-refractivity contribution >= 4 is 0 Å². The van der Waals surface area contributed by atoms with E-state index in [-0.39, 0.29) is 0 Å². The van der Waals surface area contributed by atoms with Gasteiger partial charge in [0.2, 0.25) is 0 Å². The van der Waals surface area contributed by atoms with Gasteiger partial charge in [-0.15, -0.1) is 0 Å². The van der Waals surface area contributed by atoms with Gasteiger partial charge in [-0.25, -0.2) is 0 Å². The van der Waals surface area contributed by atoms with Gasteiger partial charge in [0.25, 0.3) is 0 Å². The van der Waals surface area contributed by atoms with Crippen molar-refractivity contribution < 1.29 is 0 Å². The predicted octanol–water partition coefficient (Wildman–Crippen LogP) is 6.24. The van der Waals surface area contributed by atoms with Crippen LogP contribution in [0.15, 0.2) is 66.9 Å². The van der Waals surface area contributed by atoms with Crippen LogP contribution in [0.2, 0.25) is 0 Å². The summed E-state index contributed by atoms with van der Waals surface area (Å²) in [5.74, 6) is 2.77. The fraction of sp³-hybridized carbons (Fsp3) is 0.292. The van der Waals surface area contributed by atoms with Crippen LogP contribution in [0.1, 0.15) is 36.3 Å². The van der Waals surface area contributed by atoms with Crippen LogP contribution in [0.4, 0.5) is 0 Å². The maximum atomic E-state index is 4.71. The Hall–Kier alpha value is -2.41. The molecule has 1 nitrogen and oxygen atoms in total. The molecule has 3 aliphatic rings. The Bertz CT molecular complexity index is 878. The van der Waals surface area contributed by atoms with Crippen LogP contribution in [-0.2, 0) is 0 Å². The Balaban J connectivity index is 1.39. The molecule has 3 saturated carbocycles. The number of rotatable bonds is 3. The van der Waals surface area contributed by atoms with Gasteiger partial charge in [0, 0.05) is 17.3 Å². The number of aromatic nitrogens is 1. The van der Waals surface area contributed by atoms with Crippen molar-refractivity contribution in [1.29, 1.82) is 0 Å². The number of pyridine rings is 1. The zero-order valence-corrected chi connectivity index (χ0v) is 14.7. The summed E-state index contributed by atoms with van der Waals surface area (Å²) in [6, 6.07) is 22.0. The molecule has 25 heavy (non-hydrogen) atoms. The highest BCUT2D eigenvalue weighted by Gasteiger charge is 2.46. The molecule has 0 radical (unpaired) electrons. The van der Waals surface area contributed by atoms with Crippen LogP contribution in [0.25, 0.3) is 22.4 Å². The highest BCUT2D eigenvalue weighted by atomic mass is 14.7. The Morgan fingerprint density at radius 1 is 0.800 bits per heavy atom. The normalized spacial score (nSPS) is 24.1. The summed E-state index contributed by atoms with van der Waals surface area (Å²) in [6.45, 7) is 2.14. The minimum absolute atomic E-state index is 0.843. The lowest BCUT2D eigenvalue weighted by Gasteiger charge is -2.36. The molecular formula is C24H23N. The molecule has 0 N–H and O–H groups in total. The molecule has 0 saturated heterocycles. The van der Waals surface area contributed by atoms with E-state index in [1.165, 1.54) is 41.5 Å². The summed E-state index contributed by atoms with van der Waals surface area (Å²) >= 11 is 0. The summed E-state index contributed by atoms with van der Waals surface area (Å²) in [7, 11) is 0. The Morgan fingerprint density at radius 3 is 2.16 bits per heavy atom. The Morgan fingerprint density at radius 2 is 1.52 bits per heavy atom. The Labute approximate surface area is 149 Å². The van der Waals surface area contributed by atoms with Crippen molar-refractivity contribution in [2.75, 3.05) is 0 Å². The first-order valence-electron chi connectivity index (χ1n) is 9.42. The first kappa shape index (κ1) is 14.9. The average Bonchev–Trinajstić information content (AvgIpc) is 3.28. The van der Waals surface area contributed by atoms with Crippen molar-refractivity contribution in [2.24, 2.45) is 11.8 Å². The highest BCUT2D eigenvalue weighted by Crippen LogP contribution is 2.58. The molecule has 124 valence electrons. The van der Waals surface area contributed by atoms with Crippen LogP contribution in [-0.4, -0.2) is 4.98 Å². The topological polar surface area (TPSA) is 12.9 Å². The number of nitrogens with zero attached hydrogens (tertiary/aromatic N) is 1. The second-order valence-corrected chi connectivity index (χ2v) is 7.73. The minimum atomic E-state index is 0.843. The van der Waals surface area contributed by atoms with Crippen molar-refractivity contribution in [1.82, 2.24) is 4.98 Å². The van der Waals surface area contributed by atoms with Gasteiger partial charge in [0.05, 0.1) is 5.69 Å². The maximum absolute atomic E-state index is 4.71.